The average Bonchev–Trinajstić information content (AvgIpc) is 3.03. The summed E-state index contributed by atoms with van der Waals surface area (Å²) in [7, 11) is 1.40. The molecule has 2 heterocycles. The highest BCUT2D eigenvalue weighted by molar-refractivity contribution is 6.76. The maximum Gasteiger partial charge on any atom is 0.338 e. The Morgan fingerprint density at radius 2 is 2.00 bits per heavy atom. The maximum atomic E-state index is 12.9. The predicted octanol–water partition coefficient (Wildman–Crippen LogP) is 1.86. The van der Waals surface area contributed by atoms with E-state index in [0.717, 1.165) is 5.56 Å². The van der Waals surface area contributed by atoms with E-state index in [1.807, 2.05) is 30.3 Å². The number of aliphatic hydroxyl groups is 1. The van der Waals surface area contributed by atoms with Gasteiger partial charge in [0.05, 0.1) is 6.61 Å². The van der Waals surface area contributed by atoms with Gasteiger partial charge in [-0.2, -0.15) is 0 Å². The number of hydrogen-bond acceptors (Lipinski definition) is 7. The number of esters is 1. The van der Waals surface area contributed by atoms with Crippen LogP contribution < -0.4 is 5.32 Å². The monoisotopic (exact) mass is 493 g/mol. The lowest BCUT2D eigenvalue weighted by molar-refractivity contribution is -0.252. The molecule has 1 saturated carbocycles. The third kappa shape index (κ3) is 3.82. The van der Waals surface area contributed by atoms with Crippen LogP contribution in [0.25, 0.3) is 0 Å². The van der Waals surface area contributed by atoms with E-state index in [1.165, 1.54) is 14.0 Å². The van der Waals surface area contributed by atoms with Crippen molar-refractivity contribution in [2.75, 3.05) is 7.11 Å². The quantitative estimate of drug-likeness (QED) is 0.476. The molecule has 1 aliphatic carbocycles. The van der Waals surface area contributed by atoms with Crippen LogP contribution in [-0.4, -0.2) is 63.6 Å². The minimum atomic E-state index is -2.29. The van der Waals surface area contributed by atoms with Crippen molar-refractivity contribution in [1.82, 2.24) is 5.32 Å². The summed E-state index contributed by atoms with van der Waals surface area (Å²) in [5.41, 5.74) is -2.11. The SMILES string of the molecule is COC1OC2C(=O)OC3C(OCc4ccccc4)C2(NC(=O)C(Cl)(Cl)Cl)C1CC3(C)O. The first kappa shape index (κ1) is 23.0. The first-order chi connectivity index (χ1) is 14.5. The molecule has 3 fully saturated rings. The normalized spacial score (nSPS) is 39.2. The Morgan fingerprint density at radius 1 is 1.32 bits per heavy atom. The second-order valence-corrected chi connectivity index (χ2v) is 10.5. The van der Waals surface area contributed by atoms with Crippen LogP contribution in [-0.2, 0) is 35.1 Å². The third-order valence-corrected chi connectivity index (χ3v) is 6.70. The van der Waals surface area contributed by atoms with Gasteiger partial charge in [-0.15, -0.1) is 0 Å². The summed E-state index contributed by atoms with van der Waals surface area (Å²) in [6.45, 7) is 1.66. The summed E-state index contributed by atoms with van der Waals surface area (Å²) in [4.78, 5) is 25.6. The highest BCUT2D eigenvalue weighted by Crippen LogP contribution is 2.54. The van der Waals surface area contributed by atoms with E-state index >= 15 is 0 Å². The number of carbonyl (C=O) groups is 2. The molecule has 8 nitrogen and oxygen atoms in total. The molecule has 4 rings (SSSR count). The van der Waals surface area contributed by atoms with Crippen LogP contribution in [0.1, 0.15) is 18.9 Å². The lowest BCUT2D eigenvalue weighted by Crippen LogP contribution is -2.80. The molecule has 0 radical (unpaired) electrons. The molecule has 2 bridgehead atoms. The van der Waals surface area contributed by atoms with Gasteiger partial charge in [0.25, 0.3) is 9.70 Å². The molecule has 0 spiro atoms. The highest BCUT2D eigenvalue weighted by Gasteiger charge is 2.75. The van der Waals surface area contributed by atoms with Gasteiger partial charge in [-0.05, 0) is 18.9 Å². The second kappa shape index (κ2) is 8.02. The van der Waals surface area contributed by atoms with Gasteiger partial charge in [0.1, 0.15) is 17.2 Å². The van der Waals surface area contributed by atoms with Crippen LogP contribution in [0.4, 0.5) is 0 Å². The molecule has 1 aromatic rings. The largest absolute Gasteiger partial charge is 0.454 e. The van der Waals surface area contributed by atoms with Gasteiger partial charge in [-0.3, -0.25) is 4.79 Å². The smallest absolute Gasteiger partial charge is 0.338 e. The lowest BCUT2D eigenvalue weighted by atomic mass is 9.61. The summed E-state index contributed by atoms with van der Waals surface area (Å²) >= 11 is 17.4. The van der Waals surface area contributed by atoms with Crippen molar-refractivity contribution in [2.45, 2.75) is 59.5 Å². The zero-order valence-corrected chi connectivity index (χ0v) is 19.0. The number of hydrogen-bond donors (Lipinski definition) is 2. The number of ether oxygens (including phenoxy) is 4. The van der Waals surface area contributed by atoms with E-state index in [1.54, 1.807) is 0 Å². The minimum absolute atomic E-state index is 0.0886. The third-order valence-electron chi connectivity index (χ3n) is 6.19. The Hall–Kier alpha value is -1.13. The van der Waals surface area contributed by atoms with Crippen LogP contribution in [0.15, 0.2) is 30.3 Å². The number of halogens is 3. The highest BCUT2D eigenvalue weighted by atomic mass is 35.6. The van der Waals surface area contributed by atoms with Gasteiger partial charge in [-0.1, -0.05) is 65.1 Å². The maximum absolute atomic E-state index is 12.9. The van der Waals surface area contributed by atoms with E-state index in [4.69, 9.17) is 53.8 Å². The Bertz CT molecular complexity index is 862. The van der Waals surface area contributed by atoms with E-state index in [9.17, 15) is 14.7 Å². The number of alkyl halides is 3. The van der Waals surface area contributed by atoms with Gasteiger partial charge in [0.2, 0.25) is 0 Å². The molecule has 2 saturated heterocycles. The Morgan fingerprint density at radius 3 is 2.61 bits per heavy atom. The van der Waals surface area contributed by atoms with E-state index in [-0.39, 0.29) is 13.0 Å². The van der Waals surface area contributed by atoms with Crippen molar-refractivity contribution < 1.29 is 33.6 Å². The summed E-state index contributed by atoms with van der Waals surface area (Å²) in [6.07, 6.45) is -4.20. The molecular formula is C20H22Cl3NO7. The van der Waals surface area contributed by atoms with E-state index in [0.29, 0.717) is 0 Å². The summed E-state index contributed by atoms with van der Waals surface area (Å²) in [5, 5.41) is 13.9. The average molecular weight is 495 g/mol. The molecule has 1 amide bonds. The Balaban J connectivity index is 1.79. The molecule has 1 aromatic carbocycles. The summed E-state index contributed by atoms with van der Waals surface area (Å²) < 4.78 is 20.7. The summed E-state index contributed by atoms with van der Waals surface area (Å²) in [5.74, 6) is -2.39. The number of carbonyl (C=O) groups excluding carboxylic acids is 2. The second-order valence-electron chi connectivity index (χ2n) is 8.25. The minimum Gasteiger partial charge on any atom is -0.454 e. The predicted molar refractivity (Wildman–Crippen MR) is 110 cm³/mol. The van der Waals surface area contributed by atoms with Crippen molar-refractivity contribution >= 4 is 46.7 Å². The lowest BCUT2D eigenvalue weighted by Gasteiger charge is -2.57. The Labute approximate surface area is 194 Å². The van der Waals surface area contributed by atoms with Crippen molar-refractivity contribution in [2.24, 2.45) is 5.92 Å². The first-order valence-electron chi connectivity index (χ1n) is 9.66. The molecule has 31 heavy (non-hydrogen) atoms. The van der Waals surface area contributed by atoms with Gasteiger partial charge in [-0.25, -0.2) is 4.79 Å². The van der Waals surface area contributed by atoms with Crippen LogP contribution in [0.5, 0.6) is 0 Å². The molecule has 2 N–H and O–H groups in total. The first-order valence-corrected chi connectivity index (χ1v) is 10.8. The standard InChI is InChI=1S/C20H22Cl3NO7/c1-18(27)8-11-16(28-2)31-14-15(25)30-12(18)13(29-9-10-6-4-3-5-7-10)19(11,14)24-17(26)20(21,22)23/h3-7,11-14,16,27H,8-9H2,1-2H3,(H,24,26). The van der Waals surface area contributed by atoms with Crippen molar-refractivity contribution in [3.05, 3.63) is 35.9 Å². The van der Waals surface area contributed by atoms with Crippen molar-refractivity contribution in [1.29, 1.82) is 0 Å². The van der Waals surface area contributed by atoms with Crippen LogP contribution in [0.3, 0.4) is 0 Å². The van der Waals surface area contributed by atoms with Gasteiger partial charge in [0.15, 0.2) is 18.5 Å². The van der Waals surface area contributed by atoms with Crippen LogP contribution >= 0.6 is 34.8 Å². The van der Waals surface area contributed by atoms with Gasteiger partial charge >= 0.3 is 5.97 Å². The number of rotatable bonds is 5. The fourth-order valence-electron chi connectivity index (χ4n) is 4.85. The fraction of sp³-hybridized carbons (Fsp3) is 0.600. The number of methoxy groups -OCH3 is 1. The number of nitrogens with one attached hydrogen (secondary N) is 1. The van der Waals surface area contributed by atoms with Gasteiger partial charge < -0.3 is 29.4 Å². The molecule has 3 aliphatic rings. The summed E-state index contributed by atoms with van der Waals surface area (Å²) in [6, 6.07) is 9.29. The van der Waals surface area contributed by atoms with Crippen molar-refractivity contribution in [3.63, 3.8) is 0 Å². The van der Waals surface area contributed by atoms with Crippen molar-refractivity contribution in [3.8, 4) is 0 Å². The molecular weight excluding hydrogens is 473 g/mol. The number of amides is 1. The number of benzene rings is 1. The zero-order valence-electron chi connectivity index (χ0n) is 16.7. The van der Waals surface area contributed by atoms with Crippen LogP contribution in [0.2, 0.25) is 0 Å². The molecule has 7 atom stereocenters. The van der Waals surface area contributed by atoms with Gasteiger partial charge in [0, 0.05) is 13.0 Å². The zero-order chi connectivity index (χ0) is 22.6. The molecule has 11 heteroatoms. The number of fused-ring (bicyclic) bond motifs is 1. The topological polar surface area (TPSA) is 103 Å². The van der Waals surface area contributed by atoms with Crippen LogP contribution in [0, 0.1) is 5.92 Å². The van der Waals surface area contributed by atoms with E-state index < -0.39 is 57.3 Å². The molecule has 2 aliphatic heterocycles. The molecule has 7 unspecified atom stereocenters. The fourth-order valence-corrected chi connectivity index (χ4v) is 4.99. The molecule has 170 valence electrons. The van der Waals surface area contributed by atoms with E-state index in [2.05, 4.69) is 5.32 Å². The molecule has 0 aromatic heterocycles. The Kier molecular flexibility index (Phi) is 5.96.